The molecule has 2 aromatic rings. The summed E-state index contributed by atoms with van der Waals surface area (Å²) in [5.41, 5.74) is 1.52. The predicted molar refractivity (Wildman–Crippen MR) is 66.5 cm³/mol. The Kier molecular flexibility index (Phi) is 3.10. The quantitative estimate of drug-likeness (QED) is 0.580. The van der Waals surface area contributed by atoms with Gasteiger partial charge in [-0.1, -0.05) is 35.8 Å². The summed E-state index contributed by atoms with van der Waals surface area (Å²) in [4.78, 5) is 12.8. The van der Waals surface area contributed by atoms with Crippen LogP contribution in [0, 0.1) is 0 Å². The molecule has 0 saturated heterocycles. The van der Waals surface area contributed by atoms with Crippen LogP contribution in [0.1, 0.15) is 9.67 Å². The summed E-state index contributed by atoms with van der Waals surface area (Å²) in [5, 5.41) is 0. The molecule has 0 fully saturated rings. The molecule has 2 nitrogen and oxygen atoms in total. The van der Waals surface area contributed by atoms with Crippen molar-refractivity contribution in [3.8, 4) is 10.4 Å². The summed E-state index contributed by atoms with van der Waals surface area (Å²) in [7, 11) is 7.12. The first-order valence-electron chi connectivity index (χ1n) is 4.75. The Morgan fingerprint density at radius 3 is 2.62 bits per heavy atom. The Bertz CT molecular complexity index is 505. The van der Waals surface area contributed by atoms with Crippen LogP contribution in [0.2, 0.25) is 0 Å². The molecular formula is C12H9BO2S. The van der Waals surface area contributed by atoms with Gasteiger partial charge in [-0.15, -0.1) is 11.3 Å². The monoisotopic (exact) mass is 228 g/mol. The highest BCUT2D eigenvalue weighted by Gasteiger charge is 2.13. The highest BCUT2D eigenvalue weighted by Crippen LogP contribution is 2.26. The number of methoxy groups -OCH3 is 1. The van der Waals surface area contributed by atoms with Gasteiger partial charge in [0.25, 0.3) is 0 Å². The van der Waals surface area contributed by atoms with Crippen molar-refractivity contribution in [1.82, 2.24) is 0 Å². The summed E-state index contributed by atoms with van der Waals surface area (Å²) >= 11 is 1.35. The van der Waals surface area contributed by atoms with Crippen molar-refractivity contribution in [2.45, 2.75) is 0 Å². The minimum Gasteiger partial charge on any atom is -0.465 e. The van der Waals surface area contributed by atoms with Crippen LogP contribution in [0.4, 0.5) is 0 Å². The molecule has 1 aromatic heterocycles. The molecule has 0 aliphatic rings. The van der Waals surface area contributed by atoms with E-state index in [0.717, 1.165) is 10.4 Å². The van der Waals surface area contributed by atoms with E-state index in [2.05, 4.69) is 4.74 Å². The fraction of sp³-hybridized carbons (Fsp3) is 0.0833. The molecule has 1 heterocycles. The lowest BCUT2D eigenvalue weighted by molar-refractivity contribution is 0.0607. The van der Waals surface area contributed by atoms with Gasteiger partial charge < -0.3 is 4.74 Å². The van der Waals surface area contributed by atoms with Crippen molar-refractivity contribution in [3.05, 3.63) is 41.3 Å². The van der Waals surface area contributed by atoms with E-state index in [-0.39, 0.29) is 5.97 Å². The number of thiophene rings is 1. The number of benzene rings is 1. The van der Waals surface area contributed by atoms with Crippen molar-refractivity contribution in [2.75, 3.05) is 7.11 Å². The smallest absolute Gasteiger partial charge is 0.347 e. The molecule has 0 aliphatic carbocycles. The number of esters is 1. The van der Waals surface area contributed by atoms with Crippen molar-refractivity contribution >= 4 is 30.6 Å². The maximum atomic E-state index is 11.4. The molecular weight excluding hydrogens is 219 g/mol. The minimum absolute atomic E-state index is 0.385. The zero-order valence-electron chi connectivity index (χ0n) is 8.77. The summed E-state index contributed by atoms with van der Waals surface area (Å²) in [5.74, 6) is -0.385. The fourth-order valence-corrected chi connectivity index (χ4v) is 2.41. The molecule has 0 saturated carbocycles. The topological polar surface area (TPSA) is 26.3 Å². The highest BCUT2D eigenvalue weighted by molar-refractivity contribution is 7.18. The summed E-state index contributed by atoms with van der Waals surface area (Å²) in [6, 6.07) is 11.6. The van der Waals surface area contributed by atoms with E-state index in [0.29, 0.717) is 10.3 Å². The van der Waals surface area contributed by atoms with Crippen molar-refractivity contribution in [1.29, 1.82) is 0 Å². The average molecular weight is 228 g/mol. The molecule has 0 aliphatic heterocycles. The van der Waals surface area contributed by atoms with Gasteiger partial charge in [-0.25, -0.2) is 4.79 Å². The van der Waals surface area contributed by atoms with Crippen LogP contribution < -0.4 is 5.46 Å². The first-order valence-corrected chi connectivity index (χ1v) is 5.57. The second-order valence-electron chi connectivity index (χ2n) is 3.25. The lowest BCUT2D eigenvalue weighted by atomic mass is 9.96. The number of hydrogen-bond donors (Lipinski definition) is 0. The molecule has 4 heteroatoms. The zero-order chi connectivity index (χ0) is 11.5. The van der Waals surface area contributed by atoms with Crippen LogP contribution in [-0.2, 0) is 4.74 Å². The van der Waals surface area contributed by atoms with Crippen LogP contribution in [0.3, 0.4) is 0 Å². The van der Waals surface area contributed by atoms with Gasteiger partial charge in [0.2, 0.25) is 0 Å². The number of hydrogen-bond acceptors (Lipinski definition) is 3. The molecule has 78 valence electrons. The number of ether oxygens (including phenoxy) is 1. The fourth-order valence-electron chi connectivity index (χ4n) is 1.40. The molecule has 0 atom stereocenters. The zero-order valence-corrected chi connectivity index (χ0v) is 9.58. The molecule has 0 spiro atoms. The van der Waals surface area contributed by atoms with E-state index in [1.165, 1.54) is 18.4 Å². The molecule has 16 heavy (non-hydrogen) atoms. The first-order chi connectivity index (χ1) is 7.72. The molecule has 0 N–H and O–H groups in total. The van der Waals surface area contributed by atoms with Gasteiger partial charge >= 0.3 is 5.97 Å². The largest absolute Gasteiger partial charge is 0.465 e. The Hall–Kier alpha value is -1.55. The Balaban J connectivity index is 2.42. The van der Waals surface area contributed by atoms with Crippen LogP contribution in [-0.4, -0.2) is 20.9 Å². The number of carbonyl (C=O) groups excluding carboxylic acids is 1. The van der Waals surface area contributed by atoms with Crippen molar-refractivity contribution in [3.63, 3.8) is 0 Å². The maximum absolute atomic E-state index is 11.4. The van der Waals surface area contributed by atoms with Crippen molar-refractivity contribution < 1.29 is 9.53 Å². The minimum atomic E-state index is -0.385. The van der Waals surface area contributed by atoms with Crippen LogP contribution in [0.5, 0.6) is 0 Å². The van der Waals surface area contributed by atoms with Crippen LogP contribution in [0.25, 0.3) is 10.4 Å². The summed E-state index contributed by atoms with van der Waals surface area (Å²) in [6.07, 6.45) is 0. The van der Waals surface area contributed by atoms with Gasteiger partial charge in [0, 0.05) is 4.88 Å². The molecule has 2 rings (SSSR count). The average Bonchev–Trinajstić information content (AvgIpc) is 2.71. The third kappa shape index (κ3) is 2.02. The molecule has 0 bridgehead atoms. The molecule has 0 amide bonds. The van der Waals surface area contributed by atoms with E-state index >= 15 is 0 Å². The molecule has 0 unspecified atom stereocenters. The normalized spacial score (nSPS) is 10.1. The molecule has 2 radical (unpaired) electrons. The van der Waals surface area contributed by atoms with E-state index in [1.54, 1.807) is 6.07 Å². The van der Waals surface area contributed by atoms with E-state index in [4.69, 9.17) is 7.85 Å². The number of carbonyl (C=O) groups is 1. The predicted octanol–water partition coefficient (Wildman–Crippen LogP) is 2.00. The Labute approximate surface area is 99.3 Å². The van der Waals surface area contributed by atoms with E-state index in [1.807, 2.05) is 30.3 Å². The van der Waals surface area contributed by atoms with Gasteiger partial charge in [0.15, 0.2) is 0 Å². The highest BCUT2D eigenvalue weighted by atomic mass is 32.1. The number of rotatable bonds is 2. The Morgan fingerprint density at radius 1 is 1.31 bits per heavy atom. The van der Waals surface area contributed by atoms with Crippen LogP contribution in [0.15, 0.2) is 36.4 Å². The third-order valence-electron chi connectivity index (χ3n) is 2.19. The Morgan fingerprint density at radius 2 is 2.00 bits per heavy atom. The second kappa shape index (κ2) is 4.53. The van der Waals surface area contributed by atoms with Crippen molar-refractivity contribution in [2.24, 2.45) is 0 Å². The SMILES string of the molecule is [B]c1cc(-c2ccccc2)sc1C(=O)OC. The van der Waals surface area contributed by atoms with Gasteiger partial charge in [-0.3, -0.25) is 0 Å². The summed E-state index contributed by atoms with van der Waals surface area (Å²) < 4.78 is 4.66. The van der Waals surface area contributed by atoms with E-state index < -0.39 is 0 Å². The first kappa shape index (κ1) is 11.0. The standard InChI is InChI=1S/C12H9BO2S/c1-15-12(14)11-9(13)7-10(16-11)8-5-3-2-4-6-8/h2-7H,1H3. The summed E-state index contributed by atoms with van der Waals surface area (Å²) in [6.45, 7) is 0. The van der Waals surface area contributed by atoms with E-state index in [9.17, 15) is 4.79 Å². The maximum Gasteiger partial charge on any atom is 0.347 e. The van der Waals surface area contributed by atoms with Gasteiger partial charge in [-0.2, -0.15) is 0 Å². The second-order valence-corrected chi connectivity index (χ2v) is 4.30. The van der Waals surface area contributed by atoms with Gasteiger partial charge in [-0.05, 0) is 11.6 Å². The van der Waals surface area contributed by atoms with Crippen LogP contribution >= 0.6 is 11.3 Å². The lowest BCUT2D eigenvalue weighted by Crippen LogP contribution is -2.11. The van der Waals surface area contributed by atoms with Gasteiger partial charge in [0.1, 0.15) is 12.7 Å². The third-order valence-corrected chi connectivity index (χ3v) is 3.37. The lowest BCUT2D eigenvalue weighted by Gasteiger charge is -1.96. The van der Waals surface area contributed by atoms with Gasteiger partial charge in [0.05, 0.1) is 7.11 Å². The molecule has 1 aromatic carbocycles.